The predicted octanol–water partition coefficient (Wildman–Crippen LogP) is 5.19. The molecule has 0 bridgehead atoms. The smallest absolute Gasteiger partial charge is 0.335 e. The Labute approximate surface area is 141 Å². The van der Waals surface area contributed by atoms with Crippen molar-refractivity contribution in [3.05, 3.63) is 59.7 Å². The largest absolute Gasteiger partial charge is 0.478 e. The summed E-state index contributed by atoms with van der Waals surface area (Å²) < 4.78 is 5.65. The summed E-state index contributed by atoms with van der Waals surface area (Å²) in [5, 5.41) is 9.11. The second kappa shape index (κ2) is 6.87. The molecule has 0 fully saturated rings. The number of nitrogens with zero attached hydrogens (tertiary/aromatic N) is 1. The van der Waals surface area contributed by atoms with E-state index >= 15 is 0 Å². The van der Waals surface area contributed by atoms with E-state index in [2.05, 4.69) is 31.0 Å². The van der Waals surface area contributed by atoms with Gasteiger partial charge in [0, 0.05) is 11.1 Å². The fourth-order valence-electron chi connectivity index (χ4n) is 2.88. The van der Waals surface area contributed by atoms with Crippen molar-refractivity contribution in [3.63, 3.8) is 0 Å². The first-order valence-electron chi connectivity index (χ1n) is 8.24. The molecule has 0 saturated heterocycles. The Morgan fingerprint density at radius 1 is 1.25 bits per heavy atom. The number of aromatic nitrogens is 1. The molecule has 2 aromatic rings. The van der Waals surface area contributed by atoms with Crippen molar-refractivity contribution < 1.29 is 14.3 Å². The van der Waals surface area contributed by atoms with Gasteiger partial charge in [-0.05, 0) is 37.3 Å². The number of aromatic carboxylic acids is 1. The Balaban J connectivity index is 1.88. The summed E-state index contributed by atoms with van der Waals surface area (Å²) in [6.45, 7) is 4.42. The number of carboxylic acids is 1. The Hall–Kier alpha value is -2.62. The molecule has 1 aromatic carbocycles. The first-order valence-corrected chi connectivity index (χ1v) is 8.24. The van der Waals surface area contributed by atoms with Crippen LogP contribution in [-0.4, -0.2) is 16.1 Å². The van der Waals surface area contributed by atoms with Gasteiger partial charge in [0.2, 0.25) is 5.89 Å². The molecule has 4 nitrogen and oxygen atoms in total. The average Bonchev–Trinajstić information content (AvgIpc) is 2.92. The zero-order chi connectivity index (χ0) is 17.1. The number of carbonyl (C=O) groups is 1. The van der Waals surface area contributed by atoms with Gasteiger partial charge in [-0.25, -0.2) is 9.78 Å². The molecule has 124 valence electrons. The number of allylic oxidation sites excluding steroid dienone is 4. The number of carboxylic acid groups (broad SMARTS) is 1. The molecular formula is C20H21NO3. The van der Waals surface area contributed by atoms with Crippen LogP contribution < -0.4 is 0 Å². The minimum atomic E-state index is -0.946. The monoisotopic (exact) mass is 323 g/mol. The van der Waals surface area contributed by atoms with Crippen LogP contribution in [0, 0.1) is 5.92 Å². The van der Waals surface area contributed by atoms with Crippen LogP contribution in [-0.2, 0) is 0 Å². The Bertz CT molecular complexity index is 812. The van der Waals surface area contributed by atoms with Gasteiger partial charge in [0.15, 0.2) is 0 Å². The van der Waals surface area contributed by atoms with Gasteiger partial charge in [0.25, 0.3) is 0 Å². The highest BCUT2D eigenvalue weighted by Gasteiger charge is 2.15. The van der Waals surface area contributed by atoms with Gasteiger partial charge in [-0.1, -0.05) is 43.7 Å². The summed E-state index contributed by atoms with van der Waals surface area (Å²) in [4.78, 5) is 15.7. The summed E-state index contributed by atoms with van der Waals surface area (Å²) in [6.07, 6.45) is 9.00. The molecule has 4 heteroatoms. The lowest BCUT2D eigenvalue weighted by Gasteiger charge is -2.07. The van der Waals surface area contributed by atoms with Crippen molar-refractivity contribution in [2.75, 3.05) is 0 Å². The van der Waals surface area contributed by atoms with Gasteiger partial charge in [-0.3, -0.25) is 0 Å². The SMILES string of the molecule is CC(C)C1=CC=C(c2nc(-c3cccc(C(=O)O)c3)co2)CCC1. The Morgan fingerprint density at radius 2 is 2.08 bits per heavy atom. The molecule has 1 heterocycles. The standard InChI is InChI=1S/C20H21NO3/c1-13(2)14-5-3-6-15(10-9-14)19-21-18(12-24-19)16-7-4-8-17(11-16)20(22)23/h4,7-13H,3,5-6H2,1-2H3,(H,22,23). The third-order valence-electron chi connectivity index (χ3n) is 4.34. The molecular weight excluding hydrogens is 302 g/mol. The van der Waals surface area contributed by atoms with Gasteiger partial charge in [0.1, 0.15) is 12.0 Å². The highest BCUT2D eigenvalue weighted by atomic mass is 16.4. The number of hydrogen-bond donors (Lipinski definition) is 1. The minimum Gasteiger partial charge on any atom is -0.478 e. The first kappa shape index (κ1) is 16.2. The van der Waals surface area contributed by atoms with Crippen molar-refractivity contribution in [1.82, 2.24) is 4.98 Å². The van der Waals surface area contributed by atoms with E-state index in [0.717, 1.165) is 30.4 Å². The maximum absolute atomic E-state index is 11.1. The zero-order valence-corrected chi connectivity index (χ0v) is 14.0. The van der Waals surface area contributed by atoms with Crippen LogP contribution in [0.5, 0.6) is 0 Å². The third kappa shape index (κ3) is 3.48. The lowest BCUT2D eigenvalue weighted by molar-refractivity contribution is 0.0697. The van der Waals surface area contributed by atoms with Crippen LogP contribution in [0.25, 0.3) is 16.8 Å². The molecule has 3 rings (SSSR count). The third-order valence-corrected chi connectivity index (χ3v) is 4.34. The van der Waals surface area contributed by atoms with Gasteiger partial charge < -0.3 is 9.52 Å². The van der Waals surface area contributed by atoms with Crippen LogP contribution in [0.1, 0.15) is 49.4 Å². The van der Waals surface area contributed by atoms with Crippen molar-refractivity contribution in [1.29, 1.82) is 0 Å². The van der Waals surface area contributed by atoms with E-state index < -0.39 is 5.97 Å². The van der Waals surface area contributed by atoms with Crippen LogP contribution in [0.4, 0.5) is 0 Å². The van der Waals surface area contributed by atoms with E-state index in [1.165, 1.54) is 5.57 Å². The molecule has 1 N–H and O–H groups in total. The lowest BCUT2D eigenvalue weighted by atomic mass is 9.98. The number of benzene rings is 1. The van der Waals surface area contributed by atoms with Gasteiger partial charge in [-0.2, -0.15) is 0 Å². The molecule has 0 unspecified atom stereocenters. The molecule has 0 amide bonds. The molecule has 0 saturated carbocycles. The van der Waals surface area contributed by atoms with Gasteiger partial charge >= 0.3 is 5.97 Å². The summed E-state index contributed by atoms with van der Waals surface area (Å²) in [7, 11) is 0. The second-order valence-electron chi connectivity index (χ2n) is 6.37. The summed E-state index contributed by atoms with van der Waals surface area (Å²) in [5.74, 6) is 0.227. The minimum absolute atomic E-state index is 0.246. The van der Waals surface area contributed by atoms with Crippen LogP contribution in [0.15, 0.2) is 52.7 Å². The van der Waals surface area contributed by atoms with E-state index in [-0.39, 0.29) is 5.56 Å². The normalized spacial score (nSPS) is 15.0. The van der Waals surface area contributed by atoms with Crippen LogP contribution in [0.3, 0.4) is 0 Å². The van der Waals surface area contributed by atoms with Crippen molar-refractivity contribution in [2.45, 2.75) is 33.1 Å². The highest BCUT2D eigenvalue weighted by Crippen LogP contribution is 2.30. The molecule has 1 aliphatic rings. The van der Waals surface area contributed by atoms with E-state index in [0.29, 0.717) is 17.5 Å². The first-order chi connectivity index (χ1) is 11.5. The lowest BCUT2D eigenvalue weighted by Crippen LogP contribution is -1.95. The van der Waals surface area contributed by atoms with E-state index in [9.17, 15) is 4.79 Å². The van der Waals surface area contributed by atoms with E-state index in [1.807, 2.05) is 6.07 Å². The summed E-state index contributed by atoms with van der Waals surface area (Å²) >= 11 is 0. The summed E-state index contributed by atoms with van der Waals surface area (Å²) in [6, 6.07) is 6.74. The maximum Gasteiger partial charge on any atom is 0.335 e. The molecule has 0 aliphatic heterocycles. The van der Waals surface area contributed by atoms with Gasteiger partial charge in [0.05, 0.1) is 5.56 Å². The number of oxazole rings is 1. The number of rotatable bonds is 4. The summed E-state index contributed by atoms with van der Waals surface area (Å²) in [5.41, 5.74) is 4.19. The highest BCUT2D eigenvalue weighted by molar-refractivity contribution is 5.89. The van der Waals surface area contributed by atoms with E-state index in [4.69, 9.17) is 9.52 Å². The van der Waals surface area contributed by atoms with Crippen LogP contribution in [0.2, 0.25) is 0 Å². The zero-order valence-electron chi connectivity index (χ0n) is 14.0. The fourth-order valence-corrected chi connectivity index (χ4v) is 2.88. The molecule has 0 spiro atoms. The van der Waals surface area contributed by atoms with Crippen molar-refractivity contribution >= 4 is 11.5 Å². The maximum atomic E-state index is 11.1. The quantitative estimate of drug-likeness (QED) is 0.841. The van der Waals surface area contributed by atoms with Gasteiger partial charge in [-0.15, -0.1) is 0 Å². The number of hydrogen-bond acceptors (Lipinski definition) is 3. The van der Waals surface area contributed by atoms with Crippen molar-refractivity contribution in [3.8, 4) is 11.3 Å². The average molecular weight is 323 g/mol. The Kier molecular flexibility index (Phi) is 4.65. The van der Waals surface area contributed by atoms with E-state index in [1.54, 1.807) is 24.5 Å². The van der Waals surface area contributed by atoms with Crippen molar-refractivity contribution in [2.24, 2.45) is 5.92 Å². The predicted molar refractivity (Wildman–Crippen MR) is 93.6 cm³/mol. The molecule has 24 heavy (non-hydrogen) atoms. The molecule has 1 aliphatic carbocycles. The fraction of sp³-hybridized carbons (Fsp3) is 0.300. The topological polar surface area (TPSA) is 63.3 Å². The molecule has 0 radical (unpaired) electrons. The second-order valence-corrected chi connectivity index (χ2v) is 6.37. The Morgan fingerprint density at radius 3 is 2.83 bits per heavy atom. The molecule has 1 aromatic heterocycles. The van der Waals surface area contributed by atoms with Crippen LogP contribution >= 0.6 is 0 Å². The molecule has 0 atom stereocenters.